The zero-order chi connectivity index (χ0) is 20.5. The van der Waals surface area contributed by atoms with Gasteiger partial charge in [-0.3, -0.25) is 13.5 Å². The Hall–Kier alpha value is -2.60. The number of aromatic nitrogens is 1. The number of fused-ring (bicyclic) bond motifs is 1. The zero-order valence-corrected chi connectivity index (χ0v) is 18.0. The first kappa shape index (κ1) is 19.7. The van der Waals surface area contributed by atoms with Gasteiger partial charge in [0.2, 0.25) is 5.91 Å². The van der Waals surface area contributed by atoms with Crippen molar-refractivity contribution in [2.24, 2.45) is 0 Å². The summed E-state index contributed by atoms with van der Waals surface area (Å²) in [7, 11) is 0. The summed E-state index contributed by atoms with van der Waals surface area (Å²) in [5.74, 6) is 0.0572. The normalized spacial score (nSPS) is 15.7. The number of aryl methyl sites for hydroxylation is 2. The molecule has 4 rings (SSSR count). The Bertz CT molecular complexity index is 1090. The van der Waals surface area contributed by atoms with Crippen molar-refractivity contribution in [1.29, 1.82) is 0 Å². The number of piperazine rings is 1. The van der Waals surface area contributed by atoms with Crippen molar-refractivity contribution < 1.29 is 4.79 Å². The van der Waals surface area contributed by atoms with Gasteiger partial charge in [-0.05, 0) is 49.6 Å². The molecular formula is C23H27N3O2S. The maximum atomic E-state index is 13.3. The molecule has 3 aromatic rings. The standard InChI is InChI=1S/C23H27N3O2S/c1-4-19(26-22(27)18-7-5-6-8-21(18)29-26)23(28)25-13-11-24(12-14-25)20-15-16(2)9-10-17(20)3/h5-10,15,19H,4,11-14H2,1-3H3/t19-/m1/s1. The molecule has 0 N–H and O–H groups in total. The highest BCUT2D eigenvalue weighted by Gasteiger charge is 2.29. The van der Waals surface area contributed by atoms with Gasteiger partial charge in [0.25, 0.3) is 5.56 Å². The van der Waals surface area contributed by atoms with Crippen LogP contribution in [0.5, 0.6) is 0 Å². The molecule has 1 amide bonds. The fourth-order valence-electron chi connectivity index (χ4n) is 4.07. The maximum Gasteiger partial charge on any atom is 0.269 e. The lowest BCUT2D eigenvalue weighted by molar-refractivity contribution is -0.135. The summed E-state index contributed by atoms with van der Waals surface area (Å²) in [6.45, 7) is 9.21. The van der Waals surface area contributed by atoms with Crippen LogP contribution < -0.4 is 10.5 Å². The van der Waals surface area contributed by atoms with E-state index >= 15 is 0 Å². The molecule has 1 fully saturated rings. The van der Waals surface area contributed by atoms with Crippen molar-refractivity contribution in [1.82, 2.24) is 8.86 Å². The van der Waals surface area contributed by atoms with Gasteiger partial charge in [-0.2, -0.15) is 0 Å². The summed E-state index contributed by atoms with van der Waals surface area (Å²) in [5.41, 5.74) is 3.71. The van der Waals surface area contributed by atoms with Gasteiger partial charge in [0.1, 0.15) is 6.04 Å². The lowest BCUT2D eigenvalue weighted by Crippen LogP contribution is -2.51. The quantitative estimate of drug-likeness (QED) is 0.655. The van der Waals surface area contributed by atoms with Crippen LogP contribution in [0.4, 0.5) is 5.69 Å². The molecule has 2 aromatic carbocycles. The number of carbonyl (C=O) groups excluding carboxylic acids is 1. The van der Waals surface area contributed by atoms with Gasteiger partial charge in [-0.15, -0.1) is 0 Å². The van der Waals surface area contributed by atoms with Gasteiger partial charge in [0.15, 0.2) is 0 Å². The van der Waals surface area contributed by atoms with Gasteiger partial charge in [-0.25, -0.2) is 0 Å². The lowest BCUT2D eigenvalue weighted by Gasteiger charge is -2.38. The Morgan fingerprint density at radius 1 is 1.07 bits per heavy atom. The van der Waals surface area contributed by atoms with Crippen LogP contribution in [0.2, 0.25) is 0 Å². The second-order valence-corrected chi connectivity index (χ2v) is 8.76. The van der Waals surface area contributed by atoms with E-state index in [4.69, 9.17) is 0 Å². The van der Waals surface area contributed by atoms with Crippen LogP contribution in [0, 0.1) is 13.8 Å². The Balaban J connectivity index is 1.51. The van der Waals surface area contributed by atoms with Gasteiger partial charge in [0, 0.05) is 31.9 Å². The van der Waals surface area contributed by atoms with Crippen LogP contribution in [-0.2, 0) is 4.79 Å². The molecule has 152 valence electrons. The summed E-state index contributed by atoms with van der Waals surface area (Å²) in [5, 5.41) is 0.698. The van der Waals surface area contributed by atoms with E-state index < -0.39 is 6.04 Å². The molecule has 5 nitrogen and oxygen atoms in total. The van der Waals surface area contributed by atoms with Gasteiger partial charge < -0.3 is 9.80 Å². The minimum absolute atomic E-state index is 0.0557. The van der Waals surface area contributed by atoms with E-state index in [0.717, 1.165) is 17.8 Å². The number of anilines is 1. The molecule has 1 atom stereocenters. The molecule has 0 spiro atoms. The number of hydrogen-bond donors (Lipinski definition) is 0. The fourth-order valence-corrected chi connectivity index (χ4v) is 5.23. The molecule has 1 aliphatic rings. The highest BCUT2D eigenvalue weighted by Crippen LogP contribution is 2.26. The topological polar surface area (TPSA) is 45.6 Å². The van der Waals surface area contributed by atoms with E-state index in [1.54, 1.807) is 3.96 Å². The summed E-state index contributed by atoms with van der Waals surface area (Å²) >= 11 is 1.40. The van der Waals surface area contributed by atoms with Crippen molar-refractivity contribution in [3.8, 4) is 0 Å². The van der Waals surface area contributed by atoms with E-state index in [0.29, 0.717) is 24.9 Å². The first-order valence-electron chi connectivity index (χ1n) is 10.2. The predicted molar refractivity (Wildman–Crippen MR) is 120 cm³/mol. The van der Waals surface area contributed by atoms with Crippen LogP contribution in [0.1, 0.15) is 30.5 Å². The molecule has 0 bridgehead atoms. The number of amides is 1. The number of carbonyl (C=O) groups is 1. The third kappa shape index (κ3) is 3.69. The Morgan fingerprint density at radius 2 is 1.79 bits per heavy atom. The summed E-state index contributed by atoms with van der Waals surface area (Å²) < 4.78 is 2.60. The van der Waals surface area contributed by atoms with Crippen LogP contribution in [0.15, 0.2) is 47.3 Å². The third-order valence-corrected chi connectivity index (χ3v) is 6.94. The van der Waals surface area contributed by atoms with E-state index in [1.165, 1.54) is 28.3 Å². The molecular weight excluding hydrogens is 382 g/mol. The largest absolute Gasteiger partial charge is 0.368 e. The van der Waals surface area contributed by atoms with Crippen molar-refractivity contribution in [2.45, 2.75) is 33.2 Å². The van der Waals surface area contributed by atoms with Gasteiger partial charge >= 0.3 is 0 Å². The highest BCUT2D eigenvalue weighted by atomic mass is 32.1. The molecule has 6 heteroatoms. The fraction of sp³-hybridized carbons (Fsp3) is 0.391. The van der Waals surface area contributed by atoms with E-state index in [2.05, 4.69) is 36.9 Å². The maximum absolute atomic E-state index is 13.3. The van der Waals surface area contributed by atoms with Crippen LogP contribution >= 0.6 is 11.5 Å². The smallest absolute Gasteiger partial charge is 0.269 e. The Labute approximate surface area is 175 Å². The summed E-state index contributed by atoms with van der Waals surface area (Å²) in [6, 6.07) is 13.7. The van der Waals surface area contributed by atoms with E-state index in [9.17, 15) is 9.59 Å². The van der Waals surface area contributed by atoms with Crippen molar-refractivity contribution in [3.05, 3.63) is 63.9 Å². The molecule has 0 aliphatic carbocycles. The monoisotopic (exact) mass is 409 g/mol. The number of benzene rings is 2. The highest BCUT2D eigenvalue weighted by molar-refractivity contribution is 7.14. The van der Waals surface area contributed by atoms with Crippen molar-refractivity contribution in [2.75, 3.05) is 31.1 Å². The first-order chi connectivity index (χ1) is 14.0. The molecule has 0 saturated carbocycles. The minimum atomic E-state index is -0.424. The lowest BCUT2D eigenvalue weighted by atomic mass is 10.1. The average Bonchev–Trinajstić information content (AvgIpc) is 3.07. The van der Waals surface area contributed by atoms with E-state index in [-0.39, 0.29) is 11.5 Å². The summed E-state index contributed by atoms with van der Waals surface area (Å²) in [4.78, 5) is 30.4. The van der Waals surface area contributed by atoms with Crippen LogP contribution in [-0.4, -0.2) is 40.9 Å². The molecule has 1 aliphatic heterocycles. The number of rotatable bonds is 4. The zero-order valence-electron chi connectivity index (χ0n) is 17.2. The first-order valence-corrected chi connectivity index (χ1v) is 11.0. The molecule has 0 unspecified atom stereocenters. The molecule has 0 radical (unpaired) electrons. The van der Waals surface area contributed by atoms with Gasteiger partial charge in [0.05, 0.1) is 10.1 Å². The molecule has 29 heavy (non-hydrogen) atoms. The molecule has 2 heterocycles. The molecule has 1 aromatic heterocycles. The predicted octanol–water partition coefficient (Wildman–Crippen LogP) is 3.98. The van der Waals surface area contributed by atoms with Crippen molar-refractivity contribution >= 4 is 33.2 Å². The molecule has 1 saturated heterocycles. The second kappa shape index (κ2) is 8.03. The average molecular weight is 410 g/mol. The minimum Gasteiger partial charge on any atom is -0.368 e. The number of hydrogen-bond acceptors (Lipinski definition) is 4. The van der Waals surface area contributed by atoms with Crippen LogP contribution in [0.25, 0.3) is 10.1 Å². The van der Waals surface area contributed by atoms with E-state index in [1.807, 2.05) is 36.1 Å². The Kier molecular flexibility index (Phi) is 5.46. The van der Waals surface area contributed by atoms with Crippen molar-refractivity contribution in [3.63, 3.8) is 0 Å². The van der Waals surface area contributed by atoms with Gasteiger partial charge in [-0.1, -0.05) is 42.7 Å². The Morgan fingerprint density at radius 3 is 2.48 bits per heavy atom. The number of nitrogens with zero attached hydrogens (tertiary/aromatic N) is 3. The SMILES string of the molecule is CC[C@H](C(=O)N1CCN(c2cc(C)ccc2C)CC1)n1sc2ccccc2c1=O. The third-order valence-electron chi connectivity index (χ3n) is 5.77. The summed E-state index contributed by atoms with van der Waals surface area (Å²) in [6.07, 6.45) is 0.614. The van der Waals surface area contributed by atoms with Crippen LogP contribution in [0.3, 0.4) is 0 Å². The second-order valence-electron chi connectivity index (χ2n) is 7.74.